The summed E-state index contributed by atoms with van der Waals surface area (Å²) in [5.74, 6) is 0.409. The first kappa shape index (κ1) is 11.5. The van der Waals surface area contributed by atoms with Crippen LogP contribution < -0.4 is 5.32 Å². The fourth-order valence-corrected chi connectivity index (χ4v) is 1.39. The van der Waals surface area contributed by atoms with Gasteiger partial charge in [0.1, 0.15) is 10.3 Å². The van der Waals surface area contributed by atoms with Gasteiger partial charge >= 0.3 is 0 Å². The molecule has 1 heterocycles. The maximum absolute atomic E-state index is 5.70. The maximum Gasteiger partial charge on any atom is 0.225 e. The van der Waals surface area contributed by atoms with E-state index in [9.17, 15) is 0 Å². The van der Waals surface area contributed by atoms with Crippen LogP contribution in [0.3, 0.4) is 0 Å². The number of anilines is 1. The molecule has 0 saturated carbocycles. The second kappa shape index (κ2) is 5.34. The molecule has 0 aliphatic heterocycles. The van der Waals surface area contributed by atoms with Gasteiger partial charge in [-0.3, -0.25) is 0 Å². The van der Waals surface area contributed by atoms with Crippen LogP contribution in [0.5, 0.6) is 0 Å². The standard InChI is InChI=1S/C8H11Cl2N3O/c1-5(4-14-2)11-8-12-6(9)3-7(10)13-8/h3,5H,4H2,1-2H3,(H,11,12,13). The zero-order chi connectivity index (χ0) is 10.6. The van der Waals surface area contributed by atoms with Crippen LogP contribution in [-0.4, -0.2) is 29.7 Å². The first-order valence-electron chi connectivity index (χ1n) is 4.07. The van der Waals surface area contributed by atoms with E-state index in [0.717, 1.165) is 0 Å². The van der Waals surface area contributed by atoms with E-state index in [4.69, 9.17) is 27.9 Å². The van der Waals surface area contributed by atoms with Gasteiger partial charge in [-0.1, -0.05) is 23.2 Å². The minimum absolute atomic E-state index is 0.106. The van der Waals surface area contributed by atoms with Gasteiger partial charge < -0.3 is 10.1 Å². The SMILES string of the molecule is COCC(C)Nc1nc(Cl)cc(Cl)n1. The average molecular weight is 236 g/mol. The molecule has 1 rings (SSSR count). The highest BCUT2D eigenvalue weighted by molar-refractivity contribution is 6.33. The van der Waals surface area contributed by atoms with Crippen molar-refractivity contribution in [3.8, 4) is 0 Å². The van der Waals surface area contributed by atoms with E-state index in [1.165, 1.54) is 6.07 Å². The molecule has 0 aliphatic rings. The lowest BCUT2D eigenvalue weighted by molar-refractivity contribution is 0.190. The quantitative estimate of drug-likeness (QED) is 0.814. The third kappa shape index (κ3) is 3.65. The average Bonchev–Trinajstić information content (AvgIpc) is 2.01. The normalized spacial score (nSPS) is 12.6. The third-order valence-electron chi connectivity index (χ3n) is 1.46. The number of hydrogen-bond donors (Lipinski definition) is 1. The first-order chi connectivity index (χ1) is 6.61. The van der Waals surface area contributed by atoms with Gasteiger partial charge in [0.2, 0.25) is 5.95 Å². The summed E-state index contributed by atoms with van der Waals surface area (Å²) in [5.41, 5.74) is 0. The summed E-state index contributed by atoms with van der Waals surface area (Å²) in [6.07, 6.45) is 0. The monoisotopic (exact) mass is 235 g/mol. The first-order valence-corrected chi connectivity index (χ1v) is 4.83. The number of ether oxygens (including phenoxy) is 1. The zero-order valence-corrected chi connectivity index (χ0v) is 9.43. The van der Waals surface area contributed by atoms with Crippen molar-refractivity contribution < 1.29 is 4.74 Å². The summed E-state index contributed by atoms with van der Waals surface area (Å²) in [7, 11) is 1.63. The minimum Gasteiger partial charge on any atom is -0.383 e. The van der Waals surface area contributed by atoms with Crippen LogP contribution in [-0.2, 0) is 4.74 Å². The van der Waals surface area contributed by atoms with Crippen LogP contribution in [0.15, 0.2) is 6.07 Å². The molecular formula is C8H11Cl2N3O. The number of methoxy groups -OCH3 is 1. The van der Waals surface area contributed by atoms with E-state index in [1.807, 2.05) is 6.92 Å². The van der Waals surface area contributed by atoms with E-state index in [-0.39, 0.29) is 6.04 Å². The van der Waals surface area contributed by atoms with Gasteiger partial charge in [0.15, 0.2) is 0 Å². The van der Waals surface area contributed by atoms with E-state index >= 15 is 0 Å². The number of hydrogen-bond acceptors (Lipinski definition) is 4. The summed E-state index contributed by atoms with van der Waals surface area (Å²) in [4.78, 5) is 7.92. The van der Waals surface area contributed by atoms with E-state index in [1.54, 1.807) is 7.11 Å². The lowest BCUT2D eigenvalue weighted by atomic mass is 10.4. The summed E-state index contributed by atoms with van der Waals surface area (Å²) < 4.78 is 4.95. The molecule has 0 aromatic carbocycles. The fourth-order valence-electron chi connectivity index (χ4n) is 0.967. The van der Waals surface area contributed by atoms with Crippen molar-refractivity contribution in [2.45, 2.75) is 13.0 Å². The molecule has 0 bridgehead atoms. The molecule has 1 N–H and O–H groups in total. The van der Waals surface area contributed by atoms with Gasteiger partial charge in [0.05, 0.1) is 6.61 Å². The Kier molecular flexibility index (Phi) is 4.38. The van der Waals surface area contributed by atoms with Gasteiger partial charge in [-0.05, 0) is 6.92 Å². The molecule has 0 fully saturated rings. The van der Waals surface area contributed by atoms with Crippen molar-refractivity contribution in [1.82, 2.24) is 9.97 Å². The van der Waals surface area contributed by atoms with Crippen molar-refractivity contribution in [2.24, 2.45) is 0 Å². The Morgan fingerprint density at radius 2 is 2.00 bits per heavy atom. The molecular weight excluding hydrogens is 225 g/mol. The maximum atomic E-state index is 5.70. The van der Waals surface area contributed by atoms with Gasteiger partial charge in [-0.25, -0.2) is 9.97 Å². The van der Waals surface area contributed by atoms with Crippen LogP contribution in [0.25, 0.3) is 0 Å². The summed E-state index contributed by atoms with van der Waals surface area (Å²) in [6.45, 7) is 2.51. The number of nitrogens with one attached hydrogen (secondary N) is 1. The molecule has 1 atom stereocenters. The second-order valence-electron chi connectivity index (χ2n) is 2.84. The van der Waals surface area contributed by atoms with Crippen LogP contribution in [0.2, 0.25) is 10.3 Å². The van der Waals surface area contributed by atoms with Crippen LogP contribution >= 0.6 is 23.2 Å². The largest absolute Gasteiger partial charge is 0.383 e. The van der Waals surface area contributed by atoms with Crippen LogP contribution in [0, 0.1) is 0 Å². The number of rotatable bonds is 4. The molecule has 14 heavy (non-hydrogen) atoms. The molecule has 0 saturated heterocycles. The Hall–Kier alpha value is -0.580. The van der Waals surface area contributed by atoms with Crippen molar-refractivity contribution in [3.05, 3.63) is 16.4 Å². The minimum atomic E-state index is 0.106. The van der Waals surface area contributed by atoms with Crippen molar-refractivity contribution in [2.75, 3.05) is 19.0 Å². The molecule has 0 aliphatic carbocycles. The van der Waals surface area contributed by atoms with E-state index < -0.39 is 0 Å². The molecule has 6 heteroatoms. The molecule has 0 radical (unpaired) electrons. The van der Waals surface area contributed by atoms with Crippen LogP contribution in [0.4, 0.5) is 5.95 Å². The molecule has 1 aromatic rings. The zero-order valence-electron chi connectivity index (χ0n) is 7.92. The Morgan fingerprint density at radius 1 is 1.43 bits per heavy atom. The highest BCUT2D eigenvalue weighted by Gasteiger charge is 2.05. The number of aromatic nitrogens is 2. The summed E-state index contributed by atoms with van der Waals surface area (Å²) in [6, 6.07) is 1.59. The van der Waals surface area contributed by atoms with Crippen molar-refractivity contribution in [1.29, 1.82) is 0 Å². The molecule has 0 spiro atoms. The Labute approximate surface area is 92.6 Å². The molecule has 78 valence electrons. The number of nitrogens with zero attached hydrogens (tertiary/aromatic N) is 2. The van der Waals surface area contributed by atoms with Crippen molar-refractivity contribution in [3.63, 3.8) is 0 Å². The smallest absolute Gasteiger partial charge is 0.225 e. The molecule has 1 unspecified atom stereocenters. The summed E-state index contributed by atoms with van der Waals surface area (Å²) >= 11 is 11.4. The predicted octanol–water partition coefficient (Wildman–Crippen LogP) is 2.23. The van der Waals surface area contributed by atoms with E-state index in [2.05, 4.69) is 15.3 Å². The summed E-state index contributed by atoms with van der Waals surface area (Å²) in [5, 5.41) is 3.64. The van der Waals surface area contributed by atoms with E-state index in [0.29, 0.717) is 22.9 Å². The Morgan fingerprint density at radius 3 is 2.50 bits per heavy atom. The van der Waals surface area contributed by atoms with Crippen LogP contribution in [0.1, 0.15) is 6.92 Å². The molecule has 1 aromatic heterocycles. The predicted molar refractivity (Wildman–Crippen MR) is 57.0 cm³/mol. The second-order valence-corrected chi connectivity index (χ2v) is 3.61. The Balaban J connectivity index is 2.66. The highest BCUT2D eigenvalue weighted by Crippen LogP contribution is 2.14. The Bertz CT molecular complexity index is 288. The van der Waals surface area contributed by atoms with Gasteiger partial charge in [0.25, 0.3) is 0 Å². The fraction of sp³-hybridized carbons (Fsp3) is 0.500. The van der Waals surface area contributed by atoms with Gasteiger partial charge in [0, 0.05) is 19.2 Å². The molecule has 0 amide bonds. The van der Waals surface area contributed by atoms with Crippen molar-refractivity contribution >= 4 is 29.2 Å². The lowest BCUT2D eigenvalue weighted by Gasteiger charge is -2.12. The topological polar surface area (TPSA) is 47.0 Å². The number of halogens is 2. The lowest BCUT2D eigenvalue weighted by Crippen LogP contribution is -2.22. The van der Waals surface area contributed by atoms with Gasteiger partial charge in [-0.2, -0.15) is 0 Å². The molecule has 4 nitrogen and oxygen atoms in total. The highest BCUT2D eigenvalue weighted by atomic mass is 35.5. The third-order valence-corrected chi connectivity index (χ3v) is 1.84. The van der Waals surface area contributed by atoms with Gasteiger partial charge in [-0.15, -0.1) is 0 Å².